The van der Waals surface area contributed by atoms with E-state index < -0.39 is 11.0 Å². The van der Waals surface area contributed by atoms with Gasteiger partial charge in [-0.2, -0.15) is 0 Å². The van der Waals surface area contributed by atoms with Gasteiger partial charge in [-0.15, -0.1) is 0 Å². The highest BCUT2D eigenvalue weighted by atomic mass is 16.6. The summed E-state index contributed by atoms with van der Waals surface area (Å²) in [5.41, 5.74) is -0.106. The minimum absolute atomic E-state index is 0.106. The summed E-state index contributed by atoms with van der Waals surface area (Å²) in [5.74, 6) is -0.291. The first-order chi connectivity index (χ1) is 9.99. The number of nitro benzene ring substituents is 1. The lowest BCUT2D eigenvalue weighted by Crippen LogP contribution is -2.56. The highest BCUT2D eigenvalue weighted by Crippen LogP contribution is 2.19. The zero-order valence-electron chi connectivity index (χ0n) is 11.4. The molecule has 8 heteroatoms. The van der Waals surface area contributed by atoms with Crippen LogP contribution in [0.5, 0.6) is 5.75 Å². The molecule has 2 amide bonds. The van der Waals surface area contributed by atoms with Gasteiger partial charge < -0.3 is 15.0 Å². The molecule has 1 fully saturated rings. The summed E-state index contributed by atoms with van der Waals surface area (Å²) in [5, 5.41) is 13.3. The van der Waals surface area contributed by atoms with Crippen LogP contribution in [0.25, 0.3) is 0 Å². The number of ether oxygens (including phenoxy) is 1. The quantitative estimate of drug-likeness (QED) is 0.636. The average molecular weight is 293 g/mol. The van der Waals surface area contributed by atoms with Gasteiger partial charge >= 0.3 is 0 Å². The number of rotatable bonds is 4. The zero-order chi connectivity index (χ0) is 15.4. The van der Waals surface area contributed by atoms with Gasteiger partial charge in [-0.3, -0.25) is 19.7 Å². The van der Waals surface area contributed by atoms with Crippen LogP contribution in [0.1, 0.15) is 6.92 Å². The molecule has 0 aliphatic carbocycles. The van der Waals surface area contributed by atoms with Crippen molar-refractivity contribution in [3.63, 3.8) is 0 Å². The fourth-order valence-electron chi connectivity index (χ4n) is 2.04. The Bertz CT molecular complexity index is 575. The maximum Gasteiger partial charge on any atom is 0.273 e. The van der Waals surface area contributed by atoms with Crippen molar-refractivity contribution in [3.8, 4) is 5.75 Å². The first-order valence-corrected chi connectivity index (χ1v) is 6.43. The number of nitrogens with one attached hydrogen (secondary N) is 1. The summed E-state index contributed by atoms with van der Waals surface area (Å²) in [7, 11) is 0. The third kappa shape index (κ3) is 3.47. The van der Waals surface area contributed by atoms with E-state index in [9.17, 15) is 19.7 Å². The molecule has 8 nitrogen and oxygen atoms in total. The lowest BCUT2D eigenvalue weighted by Gasteiger charge is -2.32. The Balaban J connectivity index is 1.96. The van der Waals surface area contributed by atoms with E-state index in [4.69, 9.17) is 4.74 Å². The maximum absolute atomic E-state index is 12.0. The standard InChI is InChI=1S/C13H15N3O5/c1-9-13(18)14-5-6-15(9)12(17)8-21-11-4-2-3-10(7-11)16(19)20/h2-4,7,9H,5-6,8H2,1H3,(H,14,18). The van der Waals surface area contributed by atoms with Crippen molar-refractivity contribution >= 4 is 17.5 Å². The Morgan fingerprint density at radius 3 is 3.05 bits per heavy atom. The first kappa shape index (κ1) is 14.8. The number of carbonyl (C=O) groups excluding carboxylic acids is 2. The number of hydrogen-bond acceptors (Lipinski definition) is 5. The summed E-state index contributed by atoms with van der Waals surface area (Å²) in [6, 6.07) is 5.06. The summed E-state index contributed by atoms with van der Waals surface area (Å²) in [6.45, 7) is 2.20. The molecule has 2 rings (SSSR count). The summed E-state index contributed by atoms with van der Waals surface area (Å²) >= 11 is 0. The lowest BCUT2D eigenvalue weighted by atomic mass is 10.2. The van der Waals surface area contributed by atoms with Crippen molar-refractivity contribution in [3.05, 3.63) is 34.4 Å². The maximum atomic E-state index is 12.0. The molecule has 1 aromatic rings. The number of carbonyl (C=O) groups is 2. The van der Waals surface area contributed by atoms with Crippen LogP contribution < -0.4 is 10.1 Å². The fourth-order valence-corrected chi connectivity index (χ4v) is 2.04. The molecule has 1 aromatic carbocycles. The van der Waals surface area contributed by atoms with Crippen molar-refractivity contribution in [2.75, 3.05) is 19.7 Å². The Morgan fingerprint density at radius 2 is 2.33 bits per heavy atom. The molecule has 0 aromatic heterocycles. The molecule has 21 heavy (non-hydrogen) atoms. The second-order valence-corrected chi connectivity index (χ2v) is 4.60. The van der Waals surface area contributed by atoms with Crippen molar-refractivity contribution in [2.24, 2.45) is 0 Å². The van der Waals surface area contributed by atoms with Crippen molar-refractivity contribution in [1.82, 2.24) is 10.2 Å². The minimum Gasteiger partial charge on any atom is -0.484 e. The molecular weight excluding hydrogens is 278 g/mol. The van der Waals surface area contributed by atoms with Gasteiger partial charge in [-0.1, -0.05) is 6.07 Å². The number of piperazine rings is 1. The molecule has 1 heterocycles. The van der Waals surface area contributed by atoms with Gasteiger partial charge in [0.15, 0.2) is 6.61 Å². The highest BCUT2D eigenvalue weighted by Gasteiger charge is 2.29. The van der Waals surface area contributed by atoms with Gasteiger partial charge in [0.1, 0.15) is 11.8 Å². The van der Waals surface area contributed by atoms with Crippen LogP contribution in [-0.2, 0) is 9.59 Å². The van der Waals surface area contributed by atoms with Crippen LogP contribution in [0.15, 0.2) is 24.3 Å². The molecule has 112 valence electrons. The SMILES string of the molecule is CC1C(=O)NCCN1C(=O)COc1cccc([N+](=O)[O-])c1. The average Bonchev–Trinajstić information content (AvgIpc) is 2.48. The van der Waals surface area contributed by atoms with Crippen LogP contribution in [-0.4, -0.2) is 47.4 Å². The highest BCUT2D eigenvalue weighted by molar-refractivity contribution is 5.89. The fraction of sp³-hybridized carbons (Fsp3) is 0.385. The third-order valence-electron chi connectivity index (χ3n) is 3.21. The van der Waals surface area contributed by atoms with Gasteiger partial charge in [-0.25, -0.2) is 0 Å². The molecule has 0 bridgehead atoms. The molecule has 0 saturated carbocycles. The Hall–Kier alpha value is -2.64. The van der Waals surface area contributed by atoms with Crippen molar-refractivity contribution in [2.45, 2.75) is 13.0 Å². The molecule has 1 atom stereocenters. The van der Waals surface area contributed by atoms with Gasteiger partial charge in [0.25, 0.3) is 11.6 Å². The third-order valence-corrected chi connectivity index (χ3v) is 3.21. The van der Waals surface area contributed by atoms with E-state index >= 15 is 0 Å². The zero-order valence-corrected chi connectivity index (χ0v) is 11.4. The van der Waals surface area contributed by atoms with Gasteiger partial charge in [0.2, 0.25) is 5.91 Å². The molecule has 1 saturated heterocycles. The van der Waals surface area contributed by atoms with E-state index in [0.717, 1.165) is 0 Å². The van der Waals surface area contributed by atoms with E-state index in [1.165, 1.54) is 29.2 Å². The second-order valence-electron chi connectivity index (χ2n) is 4.60. The predicted octanol–water partition coefficient (Wildman–Crippen LogP) is 0.321. The van der Waals surface area contributed by atoms with Crippen LogP contribution in [0, 0.1) is 10.1 Å². The van der Waals surface area contributed by atoms with Crippen LogP contribution in [0.2, 0.25) is 0 Å². The summed E-state index contributed by atoms with van der Waals surface area (Å²) in [4.78, 5) is 35.1. The van der Waals surface area contributed by atoms with E-state index in [2.05, 4.69) is 5.32 Å². The Morgan fingerprint density at radius 1 is 1.57 bits per heavy atom. The first-order valence-electron chi connectivity index (χ1n) is 6.43. The van der Waals surface area contributed by atoms with Gasteiger partial charge in [0.05, 0.1) is 11.0 Å². The number of hydrogen-bond donors (Lipinski definition) is 1. The van der Waals surface area contributed by atoms with E-state index in [-0.39, 0.29) is 29.9 Å². The number of nitrogens with zero attached hydrogens (tertiary/aromatic N) is 2. The van der Waals surface area contributed by atoms with Crippen LogP contribution in [0.4, 0.5) is 5.69 Å². The van der Waals surface area contributed by atoms with Crippen LogP contribution >= 0.6 is 0 Å². The van der Waals surface area contributed by atoms with E-state index in [0.29, 0.717) is 13.1 Å². The summed E-state index contributed by atoms with van der Waals surface area (Å²) < 4.78 is 5.27. The minimum atomic E-state index is -0.542. The number of benzene rings is 1. The van der Waals surface area contributed by atoms with Crippen molar-refractivity contribution in [1.29, 1.82) is 0 Å². The molecular formula is C13H15N3O5. The molecule has 1 aliphatic rings. The number of non-ortho nitro benzene ring substituents is 1. The molecule has 1 aliphatic heterocycles. The number of nitro groups is 1. The van der Waals surface area contributed by atoms with Crippen LogP contribution in [0.3, 0.4) is 0 Å². The van der Waals surface area contributed by atoms with Gasteiger partial charge in [0, 0.05) is 19.2 Å². The lowest BCUT2D eigenvalue weighted by molar-refractivity contribution is -0.384. The van der Waals surface area contributed by atoms with Crippen molar-refractivity contribution < 1.29 is 19.2 Å². The topological polar surface area (TPSA) is 102 Å². The van der Waals surface area contributed by atoms with E-state index in [1.807, 2.05) is 0 Å². The second kappa shape index (κ2) is 6.21. The normalized spacial score (nSPS) is 18.0. The van der Waals surface area contributed by atoms with Gasteiger partial charge in [-0.05, 0) is 13.0 Å². The Kier molecular flexibility index (Phi) is 4.36. The predicted molar refractivity (Wildman–Crippen MR) is 72.8 cm³/mol. The van der Waals surface area contributed by atoms with E-state index in [1.54, 1.807) is 6.92 Å². The molecule has 1 unspecified atom stereocenters. The summed E-state index contributed by atoms with van der Waals surface area (Å²) in [6.07, 6.45) is 0. The molecule has 1 N–H and O–H groups in total. The molecule has 0 radical (unpaired) electrons. The smallest absolute Gasteiger partial charge is 0.273 e. The Labute approximate surface area is 120 Å². The monoisotopic (exact) mass is 293 g/mol. The number of amides is 2. The largest absolute Gasteiger partial charge is 0.484 e. The molecule has 0 spiro atoms.